The Morgan fingerprint density at radius 3 is 2.39 bits per heavy atom. The predicted octanol–water partition coefficient (Wildman–Crippen LogP) is 5.14. The van der Waals surface area contributed by atoms with Crippen LogP contribution in [0.15, 0.2) is 12.1 Å². The molecule has 0 N–H and O–H groups in total. The molecule has 2 aliphatic rings. The van der Waals surface area contributed by atoms with Crippen LogP contribution in [0.1, 0.15) is 66.3 Å². The molecule has 3 rings (SSSR count). The van der Waals surface area contributed by atoms with Crippen LogP contribution in [0.3, 0.4) is 0 Å². The zero-order chi connectivity index (χ0) is 12.5. The Balaban J connectivity index is 2.09. The molecule has 0 bridgehead atoms. The normalized spacial score (nSPS) is 19.3. The van der Waals surface area contributed by atoms with Gasteiger partial charge in [-0.1, -0.05) is 12.1 Å². The second kappa shape index (κ2) is 4.91. The third-order valence-corrected chi connectivity index (χ3v) is 4.89. The molecular formula is C18H24. The van der Waals surface area contributed by atoms with Crippen LogP contribution in [0.4, 0.5) is 0 Å². The molecule has 0 unspecified atom stereocenters. The second-order valence-corrected chi connectivity index (χ2v) is 5.99. The van der Waals surface area contributed by atoms with Crippen molar-refractivity contribution < 1.29 is 0 Å². The zero-order valence-electron chi connectivity index (χ0n) is 11.8. The first-order chi connectivity index (χ1) is 8.77. The fourth-order valence-corrected chi connectivity index (χ4v) is 3.64. The lowest BCUT2D eigenvalue weighted by Crippen LogP contribution is -2.08. The van der Waals surface area contributed by atoms with E-state index in [9.17, 15) is 0 Å². The lowest BCUT2D eigenvalue weighted by Gasteiger charge is -2.24. The molecule has 0 heterocycles. The molecule has 0 nitrogen and oxygen atoms in total. The van der Waals surface area contributed by atoms with Crippen molar-refractivity contribution in [3.63, 3.8) is 0 Å². The van der Waals surface area contributed by atoms with Gasteiger partial charge in [-0.3, -0.25) is 0 Å². The van der Waals surface area contributed by atoms with Crippen molar-refractivity contribution in [2.24, 2.45) is 0 Å². The van der Waals surface area contributed by atoms with Crippen LogP contribution in [0.5, 0.6) is 0 Å². The van der Waals surface area contributed by atoms with Crippen molar-refractivity contribution in [3.05, 3.63) is 40.0 Å². The number of hydrogen-bond donors (Lipinski definition) is 0. The van der Waals surface area contributed by atoms with Crippen molar-refractivity contribution in [1.29, 1.82) is 0 Å². The molecule has 0 amide bonds. The van der Waals surface area contributed by atoms with Gasteiger partial charge in [0.2, 0.25) is 0 Å². The maximum absolute atomic E-state index is 2.52. The van der Waals surface area contributed by atoms with E-state index in [1.54, 1.807) is 33.4 Å². The number of aryl methyl sites for hydroxylation is 1. The van der Waals surface area contributed by atoms with Crippen molar-refractivity contribution in [3.8, 4) is 0 Å². The van der Waals surface area contributed by atoms with Crippen LogP contribution in [0.2, 0.25) is 0 Å². The van der Waals surface area contributed by atoms with Gasteiger partial charge in [0.15, 0.2) is 0 Å². The lowest BCUT2D eigenvalue weighted by molar-refractivity contribution is 0.680. The van der Waals surface area contributed by atoms with Gasteiger partial charge >= 0.3 is 0 Å². The van der Waals surface area contributed by atoms with E-state index in [1.807, 2.05) is 0 Å². The summed E-state index contributed by atoms with van der Waals surface area (Å²) < 4.78 is 0. The smallest absolute Gasteiger partial charge is 0.0193 e. The minimum Gasteiger partial charge on any atom is -0.0807 e. The average Bonchev–Trinajstić information content (AvgIpc) is 2.44. The van der Waals surface area contributed by atoms with Gasteiger partial charge in [0, 0.05) is 0 Å². The zero-order valence-corrected chi connectivity index (χ0v) is 11.8. The molecule has 0 fully saturated rings. The summed E-state index contributed by atoms with van der Waals surface area (Å²) in [4.78, 5) is 0. The van der Waals surface area contributed by atoms with E-state index in [2.05, 4.69) is 26.0 Å². The molecule has 1 aromatic rings. The molecule has 96 valence electrons. The highest BCUT2D eigenvalue weighted by molar-refractivity contribution is 5.71. The maximum Gasteiger partial charge on any atom is -0.0193 e. The molecule has 0 spiro atoms. The quantitative estimate of drug-likeness (QED) is 0.637. The molecule has 0 aliphatic heterocycles. The Kier molecular flexibility index (Phi) is 3.28. The van der Waals surface area contributed by atoms with Crippen molar-refractivity contribution >= 4 is 5.57 Å². The van der Waals surface area contributed by atoms with E-state index in [0.717, 1.165) is 0 Å². The van der Waals surface area contributed by atoms with Crippen LogP contribution in [0, 0.1) is 13.8 Å². The summed E-state index contributed by atoms with van der Waals surface area (Å²) in [6, 6.07) is 2.52. The van der Waals surface area contributed by atoms with Gasteiger partial charge in [-0.05, 0) is 98.6 Å². The summed E-state index contributed by atoms with van der Waals surface area (Å²) in [7, 11) is 0. The molecule has 0 saturated heterocycles. The molecule has 0 aromatic heterocycles. The standard InChI is InChI=1S/C18H24/c1-13-14(2)18(15-8-4-3-5-9-15)12-16-10-6-7-11-17(13)16/h8,12H,3-7,9-11H2,1-2H3. The van der Waals surface area contributed by atoms with E-state index in [0.29, 0.717) is 0 Å². The van der Waals surface area contributed by atoms with Crippen LogP contribution in [-0.4, -0.2) is 0 Å². The molecule has 18 heavy (non-hydrogen) atoms. The van der Waals surface area contributed by atoms with Gasteiger partial charge < -0.3 is 0 Å². The minimum atomic E-state index is 1.28. The highest BCUT2D eigenvalue weighted by Gasteiger charge is 2.17. The molecular weight excluding hydrogens is 216 g/mol. The van der Waals surface area contributed by atoms with Crippen molar-refractivity contribution in [2.75, 3.05) is 0 Å². The van der Waals surface area contributed by atoms with Gasteiger partial charge in [0.25, 0.3) is 0 Å². The molecule has 1 aromatic carbocycles. The molecule has 2 aliphatic carbocycles. The number of benzene rings is 1. The summed E-state index contributed by atoms with van der Waals surface area (Å²) in [5.74, 6) is 0. The number of allylic oxidation sites excluding steroid dienone is 2. The molecule has 0 saturated carbocycles. The van der Waals surface area contributed by atoms with Crippen molar-refractivity contribution in [1.82, 2.24) is 0 Å². The fraction of sp³-hybridized carbons (Fsp3) is 0.556. The third-order valence-electron chi connectivity index (χ3n) is 4.89. The summed E-state index contributed by atoms with van der Waals surface area (Å²) in [5, 5.41) is 0. The number of fused-ring (bicyclic) bond motifs is 1. The predicted molar refractivity (Wildman–Crippen MR) is 79.0 cm³/mol. The van der Waals surface area contributed by atoms with Gasteiger partial charge in [-0.15, -0.1) is 0 Å². The summed E-state index contributed by atoms with van der Waals surface area (Å²) in [6.07, 6.45) is 13.2. The van der Waals surface area contributed by atoms with Gasteiger partial charge in [0.05, 0.1) is 0 Å². The Morgan fingerprint density at radius 2 is 1.61 bits per heavy atom. The average molecular weight is 240 g/mol. The number of hydrogen-bond acceptors (Lipinski definition) is 0. The monoisotopic (exact) mass is 240 g/mol. The Hall–Kier alpha value is -1.04. The Morgan fingerprint density at radius 1 is 0.833 bits per heavy atom. The van der Waals surface area contributed by atoms with Gasteiger partial charge in [0.1, 0.15) is 0 Å². The Labute approximate surface area is 111 Å². The summed E-state index contributed by atoms with van der Waals surface area (Å²) >= 11 is 0. The van der Waals surface area contributed by atoms with Crippen LogP contribution < -0.4 is 0 Å². The third kappa shape index (κ3) is 2.02. The van der Waals surface area contributed by atoms with Gasteiger partial charge in [-0.2, -0.15) is 0 Å². The topological polar surface area (TPSA) is 0 Å². The Bertz CT molecular complexity index is 491. The molecule has 0 radical (unpaired) electrons. The van der Waals surface area contributed by atoms with E-state index >= 15 is 0 Å². The molecule has 0 heteroatoms. The van der Waals surface area contributed by atoms with Gasteiger partial charge in [-0.25, -0.2) is 0 Å². The van der Waals surface area contributed by atoms with E-state index in [4.69, 9.17) is 0 Å². The highest BCUT2D eigenvalue weighted by atomic mass is 14.2. The SMILES string of the molecule is Cc1c(C2=CCCCC2)cc2c(c1C)CCCC2. The first-order valence-electron chi connectivity index (χ1n) is 7.58. The first kappa shape index (κ1) is 12.0. The summed E-state index contributed by atoms with van der Waals surface area (Å²) in [5.41, 5.74) is 9.62. The fourth-order valence-electron chi connectivity index (χ4n) is 3.64. The van der Waals surface area contributed by atoms with E-state index in [1.165, 1.54) is 51.4 Å². The number of rotatable bonds is 1. The van der Waals surface area contributed by atoms with E-state index in [-0.39, 0.29) is 0 Å². The summed E-state index contributed by atoms with van der Waals surface area (Å²) in [6.45, 7) is 4.67. The van der Waals surface area contributed by atoms with Crippen LogP contribution in [0.25, 0.3) is 5.57 Å². The lowest BCUT2D eigenvalue weighted by atomic mass is 9.81. The largest absolute Gasteiger partial charge is 0.0807 e. The minimum absolute atomic E-state index is 1.28. The maximum atomic E-state index is 2.52. The second-order valence-electron chi connectivity index (χ2n) is 5.99. The van der Waals surface area contributed by atoms with Crippen molar-refractivity contribution in [2.45, 2.75) is 65.2 Å². The molecule has 0 atom stereocenters. The van der Waals surface area contributed by atoms with E-state index < -0.39 is 0 Å². The van der Waals surface area contributed by atoms with Crippen LogP contribution >= 0.6 is 0 Å². The first-order valence-corrected chi connectivity index (χ1v) is 7.58. The van der Waals surface area contributed by atoms with Crippen LogP contribution in [-0.2, 0) is 12.8 Å². The highest BCUT2D eigenvalue weighted by Crippen LogP contribution is 2.35.